The molecule has 0 aliphatic carbocycles. The van der Waals surface area contributed by atoms with Crippen LogP contribution in [0.3, 0.4) is 0 Å². The van der Waals surface area contributed by atoms with Crippen LogP contribution >= 0.6 is 0 Å². The van der Waals surface area contributed by atoms with Crippen LogP contribution in [0.25, 0.3) is 0 Å². The van der Waals surface area contributed by atoms with Gasteiger partial charge in [-0.3, -0.25) is 9.59 Å². The molecule has 0 radical (unpaired) electrons. The van der Waals surface area contributed by atoms with E-state index in [-0.39, 0.29) is 0 Å². The maximum atomic E-state index is 12.4. The molecule has 1 aliphatic heterocycles. The molecule has 0 aromatic heterocycles. The van der Waals surface area contributed by atoms with E-state index in [1.165, 1.54) is 9.80 Å². The highest BCUT2D eigenvalue weighted by Crippen LogP contribution is 2.11. The maximum absolute atomic E-state index is 12.4. The van der Waals surface area contributed by atoms with Gasteiger partial charge in [-0.05, 0) is 27.7 Å². The Balaban J connectivity index is 2.55. The first kappa shape index (κ1) is 20.2. The van der Waals surface area contributed by atoms with E-state index in [1.807, 2.05) is 0 Å². The van der Waals surface area contributed by atoms with Crippen molar-refractivity contribution in [3.8, 4) is 0 Å². The second-order valence-electron chi connectivity index (χ2n) is 6.60. The number of ether oxygens (including phenoxy) is 2. The van der Waals surface area contributed by atoms with Crippen LogP contribution < -0.4 is 11.5 Å². The van der Waals surface area contributed by atoms with Gasteiger partial charge in [0, 0.05) is 26.2 Å². The van der Waals surface area contributed by atoms with Crippen LogP contribution in [0.15, 0.2) is 0 Å². The first-order valence-electron chi connectivity index (χ1n) is 8.01. The van der Waals surface area contributed by atoms with Gasteiger partial charge in [-0.25, -0.2) is 4.79 Å². The molecule has 0 saturated carbocycles. The van der Waals surface area contributed by atoms with Gasteiger partial charge >= 0.3 is 12.1 Å². The number of carbonyl (C=O) groups is 3. The summed E-state index contributed by atoms with van der Waals surface area (Å²) in [6.45, 7) is 8.47. The molecule has 1 fully saturated rings. The van der Waals surface area contributed by atoms with Crippen LogP contribution in [0, 0.1) is 0 Å². The first-order chi connectivity index (χ1) is 11.1. The van der Waals surface area contributed by atoms with E-state index < -0.39 is 35.7 Å². The van der Waals surface area contributed by atoms with Gasteiger partial charge in [0.1, 0.15) is 17.7 Å². The Morgan fingerprint density at radius 3 is 1.96 bits per heavy atom. The first-order valence-corrected chi connectivity index (χ1v) is 8.01. The van der Waals surface area contributed by atoms with Crippen LogP contribution in [0.4, 0.5) is 4.79 Å². The largest absolute Gasteiger partial charge is 0.459 e. The zero-order chi connectivity index (χ0) is 18.5. The Labute approximate surface area is 142 Å². The Kier molecular flexibility index (Phi) is 6.97. The zero-order valence-corrected chi connectivity index (χ0v) is 14.8. The molecule has 2 unspecified atom stereocenters. The summed E-state index contributed by atoms with van der Waals surface area (Å²) in [6, 6.07) is -2.42. The summed E-state index contributed by atoms with van der Waals surface area (Å²) in [7, 11) is 0. The molecule has 0 spiro atoms. The van der Waals surface area contributed by atoms with Crippen molar-refractivity contribution in [2.75, 3.05) is 32.8 Å². The fourth-order valence-electron chi connectivity index (χ4n) is 2.21. The maximum Gasteiger partial charge on any atom is 0.409 e. The number of piperazine rings is 1. The van der Waals surface area contributed by atoms with E-state index in [1.54, 1.807) is 27.7 Å². The number of rotatable bonds is 4. The van der Waals surface area contributed by atoms with Crippen molar-refractivity contribution in [3.63, 3.8) is 0 Å². The number of esters is 1. The van der Waals surface area contributed by atoms with Crippen LogP contribution in [-0.4, -0.2) is 78.2 Å². The van der Waals surface area contributed by atoms with E-state index in [4.69, 9.17) is 20.9 Å². The molecule has 9 nitrogen and oxygen atoms in total. The predicted molar refractivity (Wildman–Crippen MR) is 87.0 cm³/mol. The predicted octanol–water partition coefficient (Wildman–Crippen LogP) is -0.717. The van der Waals surface area contributed by atoms with Gasteiger partial charge in [0.2, 0.25) is 5.91 Å². The normalized spacial score (nSPS) is 17.9. The molecule has 1 rings (SSSR count). The number of amides is 2. The average molecular weight is 344 g/mol. The molecule has 24 heavy (non-hydrogen) atoms. The minimum Gasteiger partial charge on any atom is -0.459 e. The lowest BCUT2D eigenvalue weighted by Crippen LogP contribution is -2.60. The molecule has 1 heterocycles. The zero-order valence-electron chi connectivity index (χ0n) is 14.8. The SMILES string of the molecule is CCOC(=O)N1CCN(C(=O)C(N)C(N)C(=O)OC(C)(C)C)CC1. The lowest BCUT2D eigenvalue weighted by molar-refractivity contribution is -0.159. The minimum atomic E-state index is -1.24. The van der Waals surface area contributed by atoms with Crippen molar-refractivity contribution in [3.05, 3.63) is 0 Å². The van der Waals surface area contributed by atoms with Crippen molar-refractivity contribution in [1.82, 2.24) is 9.80 Å². The van der Waals surface area contributed by atoms with Crippen LogP contribution in [-0.2, 0) is 19.1 Å². The number of carbonyl (C=O) groups excluding carboxylic acids is 3. The Bertz CT molecular complexity index is 469. The monoisotopic (exact) mass is 344 g/mol. The van der Waals surface area contributed by atoms with Crippen LogP contribution in [0.2, 0.25) is 0 Å². The van der Waals surface area contributed by atoms with Crippen molar-refractivity contribution in [2.45, 2.75) is 45.4 Å². The average Bonchev–Trinajstić information content (AvgIpc) is 2.51. The summed E-state index contributed by atoms with van der Waals surface area (Å²) in [5.74, 6) is -1.15. The van der Waals surface area contributed by atoms with Gasteiger partial charge in [-0.1, -0.05) is 0 Å². The lowest BCUT2D eigenvalue weighted by Gasteiger charge is -2.36. The van der Waals surface area contributed by atoms with E-state index >= 15 is 0 Å². The van der Waals surface area contributed by atoms with Crippen molar-refractivity contribution in [2.24, 2.45) is 11.5 Å². The fourth-order valence-corrected chi connectivity index (χ4v) is 2.21. The fraction of sp³-hybridized carbons (Fsp3) is 0.800. The number of hydrogen-bond donors (Lipinski definition) is 2. The summed E-state index contributed by atoms with van der Waals surface area (Å²) >= 11 is 0. The van der Waals surface area contributed by atoms with Gasteiger partial charge in [-0.15, -0.1) is 0 Å². The molecule has 0 bridgehead atoms. The number of nitrogens with zero attached hydrogens (tertiary/aromatic N) is 2. The smallest absolute Gasteiger partial charge is 0.409 e. The molecule has 9 heteroatoms. The summed E-state index contributed by atoms with van der Waals surface area (Å²) in [5.41, 5.74) is 10.9. The minimum absolute atomic E-state index is 0.299. The molecule has 2 atom stereocenters. The van der Waals surface area contributed by atoms with E-state index in [0.29, 0.717) is 32.8 Å². The Hall–Kier alpha value is -1.87. The molecular formula is C15H28N4O5. The third-order valence-electron chi connectivity index (χ3n) is 3.47. The highest BCUT2D eigenvalue weighted by molar-refractivity contribution is 5.90. The standard InChI is InChI=1S/C15H28N4O5/c1-5-23-14(22)19-8-6-18(7-9-19)12(20)10(16)11(17)13(21)24-15(2,3)4/h10-11H,5-9,16-17H2,1-4H3. The number of nitrogens with two attached hydrogens (primary N) is 2. The van der Waals surface area contributed by atoms with Crippen LogP contribution in [0.1, 0.15) is 27.7 Å². The summed E-state index contributed by atoms with van der Waals surface area (Å²) in [5, 5.41) is 0. The number of hydrogen-bond acceptors (Lipinski definition) is 7. The summed E-state index contributed by atoms with van der Waals surface area (Å²) in [4.78, 5) is 39.0. The summed E-state index contributed by atoms with van der Waals surface area (Å²) in [6.07, 6.45) is -0.403. The third kappa shape index (κ3) is 5.64. The van der Waals surface area contributed by atoms with Gasteiger partial charge in [0.25, 0.3) is 0 Å². The molecule has 1 saturated heterocycles. The molecular weight excluding hydrogens is 316 g/mol. The van der Waals surface area contributed by atoms with Gasteiger partial charge in [0.15, 0.2) is 0 Å². The highest BCUT2D eigenvalue weighted by Gasteiger charge is 2.35. The van der Waals surface area contributed by atoms with Gasteiger partial charge in [-0.2, -0.15) is 0 Å². The molecule has 1 aliphatic rings. The lowest BCUT2D eigenvalue weighted by atomic mass is 10.1. The van der Waals surface area contributed by atoms with Gasteiger partial charge in [0.05, 0.1) is 6.61 Å². The van der Waals surface area contributed by atoms with Crippen molar-refractivity contribution < 1.29 is 23.9 Å². The van der Waals surface area contributed by atoms with Gasteiger partial charge < -0.3 is 30.7 Å². The third-order valence-corrected chi connectivity index (χ3v) is 3.47. The van der Waals surface area contributed by atoms with E-state index in [0.717, 1.165) is 0 Å². The topological polar surface area (TPSA) is 128 Å². The van der Waals surface area contributed by atoms with Crippen molar-refractivity contribution in [1.29, 1.82) is 0 Å². The molecule has 0 aromatic rings. The summed E-state index contributed by atoms with van der Waals surface area (Å²) < 4.78 is 10.1. The van der Waals surface area contributed by atoms with Crippen molar-refractivity contribution >= 4 is 18.0 Å². The molecule has 2 amide bonds. The Morgan fingerprint density at radius 2 is 1.50 bits per heavy atom. The molecule has 0 aromatic carbocycles. The quantitative estimate of drug-likeness (QED) is 0.644. The Morgan fingerprint density at radius 1 is 1.00 bits per heavy atom. The molecule has 4 N–H and O–H groups in total. The second kappa shape index (κ2) is 8.29. The van der Waals surface area contributed by atoms with E-state index in [2.05, 4.69) is 0 Å². The molecule has 138 valence electrons. The van der Waals surface area contributed by atoms with Crippen LogP contribution in [0.5, 0.6) is 0 Å². The highest BCUT2D eigenvalue weighted by atomic mass is 16.6. The second-order valence-corrected chi connectivity index (χ2v) is 6.60. The van der Waals surface area contributed by atoms with E-state index in [9.17, 15) is 14.4 Å².